The van der Waals surface area contributed by atoms with Crippen molar-refractivity contribution in [2.75, 3.05) is 11.4 Å². The van der Waals surface area contributed by atoms with Crippen LogP contribution in [0.3, 0.4) is 0 Å². The van der Waals surface area contributed by atoms with Crippen LogP contribution in [0.5, 0.6) is 0 Å². The first kappa shape index (κ1) is 19.5. The number of thiazole rings is 1. The number of aromatic nitrogens is 5. The molecule has 3 aromatic heterocycles. The fraction of sp³-hybridized carbons (Fsp3) is 0.238. The standard InChI is InChI=1S/C21H21ClN6S/c1-2-16-9-23-21(24-10-16)27(8-7-19-14-29-15-25-19)12-17-11-26-28(13-17)20-5-3-18(22)4-6-20/h3-6,9-11,13-15H,2,7-8,12H2,1H3. The van der Waals surface area contributed by atoms with E-state index >= 15 is 0 Å². The lowest BCUT2D eigenvalue weighted by molar-refractivity contribution is 0.742. The van der Waals surface area contributed by atoms with Gasteiger partial charge in [0.2, 0.25) is 5.95 Å². The fourth-order valence-corrected chi connectivity index (χ4v) is 3.67. The van der Waals surface area contributed by atoms with E-state index in [4.69, 9.17) is 11.6 Å². The van der Waals surface area contributed by atoms with E-state index in [1.807, 2.05) is 59.2 Å². The minimum absolute atomic E-state index is 0.670. The van der Waals surface area contributed by atoms with E-state index in [-0.39, 0.29) is 0 Å². The van der Waals surface area contributed by atoms with Gasteiger partial charge >= 0.3 is 0 Å². The van der Waals surface area contributed by atoms with E-state index < -0.39 is 0 Å². The van der Waals surface area contributed by atoms with Gasteiger partial charge < -0.3 is 4.90 Å². The first-order valence-electron chi connectivity index (χ1n) is 9.43. The molecule has 0 aliphatic carbocycles. The first-order chi connectivity index (χ1) is 14.2. The van der Waals surface area contributed by atoms with Crippen LogP contribution in [0.15, 0.2) is 59.9 Å². The average molecular weight is 425 g/mol. The minimum atomic E-state index is 0.670. The van der Waals surface area contributed by atoms with Crippen molar-refractivity contribution in [1.29, 1.82) is 0 Å². The Kier molecular flexibility index (Phi) is 6.17. The number of nitrogens with zero attached hydrogens (tertiary/aromatic N) is 6. The topological polar surface area (TPSA) is 59.7 Å². The second-order valence-electron chi connectivity index (χ2n) is 6.67. The summed E-state index contributed by atoms with van der Waals surface area (Å²) in [7, 11) is 0. The molecular formula is C21H21ClN6S. The summed E-state index contributed by atoms with van der Waals surface area (Å²) in [5.41, 5.74) is 6.13. The molecule has 0 bridgehead atoms. The summed E-state index contributed by atoms with van der Waals surface area (Å²) in [6.07, 6.45) is 9.47. The molecule has 0 amide bonds. The van der Waals surface area contributed by atoms with Crippen molar-refractivity contribution >= 4 is 28.9 Å². The summed E-state index contributed by atoms with van der Waals surface area (Å²) in [4.78, 5) is 15.7. The summed E-state index contributed by atoms with van der Waals surface area (Å²) in [5, 5.41) is 7.29. The van der Waals surface area contributed by atoms with Crippen LogP contribution in [0.2, 0.25) is 5.02 Å². The van der Waals surface area contributed by atoms with Crippen LogP contribution >= 0.6 is 22.9 Å². The maximum Gasteiger partial charge on any atom is 0.225 e. The Bertz CT molecular complexity index is 1030. The van der Waals surface area contributed by atoms with E-state index in [2.05, 4.69) is 37.3 Å². The summed E-state index contributed by atoms with van der Waals surface area (Å²) in [6, 6.07) is 7.63. The lowest BCUT2D eigenvalue weighted by Gasteiger charge is -2.21. The van der Waals surface area contributed by atoms with Crippen LogP contribution in [0, 0.1) is 0 Å². The van der Waals surface area contributed by atoms with E-state index in [1.165, 1.54) is 0 Å². The Labute approximate surface area is 178 Å². The highest BCUT2D eigenvalue weighted by Crippen LogP contribution is 2.17. The van der Waals surface area contributed by atoms with Crippen molar-refractivity contribution in [2.45, 2.75) is 26.3 Å². The second kappa shape index (κ2) is 9.15. The lowest BCUT2D eigenvalue weighted by atomic mass is 10.2. The number of benzene rings is 1. The highest BCUT2D eigenvalue weighted by atomic mass is 35.5. The molecular weight excluding hydrogens is 404 g/mol. The van der Waals surface area contributed by atoms with Gasteiger partial charge in [-0.3, -0.25) is 0 Å². The fourth-order valence-electron chi connectivity index (χ4n) is 2.95. The zero-order chi connectivity index (χ0) is 20.1. The molecule has 0 aliphatic heterocycles. The Balaban J connectivity index is 1.53. The molecule has 0 unspecified atom stereocenters. The van der Waals surface area contributed by atoms with E-state index in [1.54, 1.807) is 11.3 Å². The van der Waals surface area contributed by atoms with Gasteiger partial charge in [-0.2, -0.15) is 5.10 Å². The van der Waals surface area contributed by atoms with Crippen molar-refractivity contribution in [3.8, 4) is 5.69 Å². The third-order valence-electron chi connectivity index (χ3n) is 4.60. The van der Waals surface area contributed by atoms with Gasteiger partial charge in [0.25, 0.3) is 0 Å². The molecule has 6 nitrogen and oxygen atoms in total. The van der Waals surface area contributed by atoms with Gasteiger partial charge in [0.15, 0.2) is 0 Å². The molecule has 0 atom stereocenters. The maximum absolute atomic E-state index is 5.99. The summed E-state index contributed by atoms with van der Waals surface area (Å²) in [5.74, 6) is 0.719. The van der Waals surface area contributed by atoms with Crippen LogP contribution in [-0.2, 0) is 19.4 Å². The zero-order valence-electron chi connectivity index (χ0n) is 16.1. The Morgan fingerprint density at radius 3 is 2.52 bits per heavy atom. The molecule has 0 fully saturated rings. The second-order valence-corrected chi connectivity index (χ2v) is 7.82. The van der Waals surface area contributed by atoms with Gasteiger partial charge in [-0.15, -0.1) is 11.3 Å². The largest absolute Gasteiger partial charge is 0.336 e. The Hall–Kier alpha value is -2.77. The molecule has 0 saturated carbocycles. The quantitative estimate of drug-likeness (QED) is 0.414. The molecule has 4 aromatic rings. The number of halogens is 1. The molecule has 0 spiro atoms. The monoisotopic (exact) mass is 424 g/mol. The van der Waals surface area contributed by atoms with Crippen LogP contribution < -0.4 is 4.90 Å². The molecule has 148 valence electrons. The van der Waals surface area contributed by atoms with Gasteiger partial charge in [0.05, 0.1) is 23.1 Å². The average Bonchev–Trinajstić information content (AvgIpc) is 3.44. The number of hydrogen-bond acceptors (Lipinski definition) is 6. The molecule has 0 radical (unpaired) electrons. The molecule has 29 heavy (non-hydrogen) atoms. The van der Waals surface area contributed by atoms with Crippen molar-refractivity contribution in [2.24, 2.45) is 0 Å². The number of rotatable bonds is 8. The van der Waals surface area contributed by atoms with Gasteiger partial charge in [-0.25, -0.2) is 19.6 Å². The molecule has 4 rings (SSSR count). The van der Waals surface area contributed by atoms with Crippen LogP contribution in [-0.4, -0.2) is 31.3 Å². The SMILES string of the molecule is CCc1cnc(N(CCc2cscn2)Cc2cnn(-c3ccc(Cl)cc3)c2)nc1. The van der Waals surface area contributed by atoms with Gasteiger partial charge in [-0.05, 0) is 36.2 Å². The predicted molar refractivity (Wildman–Crippen MR) is 117 cm³/mol. The van der Waals surface area contributed by atoms with E-state index in [9.17, 15) is 0 Å². The Morgan fingerprint density at radius 2 is 1.83 bits per heavy atom. The van der Waals surface area contributed by atoms with Gasteiger partial charge in [0, 0.05) is 54.1 Å². The lowest BCUT2D eigenvalue weighted by Crippen LogP contribution is -2.27. The smallest absolute Gasteiger partial charge is 0.225 e. The van der Waals surface area contributed by atoms with Crippen LogP contribution in [0.4, 0.5) is 5.95 Å². The van der Waals surface area contributed by atoms with E-state index in [0.717, 1.165) is 47.8 Å². The maximum atomic E-state index is 5.99. The van der Waals surface area contributed by atoms with Gasteiger partial charge in [0.1, 0.15) is 0 Å². The first-order valence-corrected chi connectivity index (χ1v) is 10.8. The third kappa shape index (κ3) is 4.99. The minimum Gasteiger partial charge on any atom is -0.336 e. The highest BCUT2D eigenvalue weighted by Gasteiger charge is 2.13. The van der Waals surface area contributed by atoms with Crippen molar-refractivity contribution in [1.82, 2.24) is 24.7 Å². The molecule has 1 aromatic carbocycles. The molecule has 0 saturated heterocycles. The molecule has 0 aliphatic rings. The summed E-state index contributed by atoms with van der Waals surface area (Å²) >= 11 is 7.60. The van der Waals surface area contributed by atoms with Crippen molar-refractivity contribution < 1.29 is 0 Å². The van der Waals surface area contributed by atoms with Crippen LogP contribution in [0.1, 0.15) is 23.7 Å². The zero-order valence-corrected chi connectivity index (χ0v) is 17.6. The van der Waals surface area contributed by atoms with Crippen LogP contribution in [0.25, 0.3) is 5.69 Å². The molecule has 8 heteroatoms. The summed E-state index contributed by atoms with van der Waals surface area (Å²) in [6.45, 7) is 3.55. The number of hydrogen-bond donors (Lipinski definition) is 0. The highest BCUT2D eigenvalue weighted by molar-refractivity contribution is 7.07. The van der Waals surface area contributed by atoms with E-state index in [0.29, 0.717) is 11.6 Å². The van der Waals surface area contributed by atoms with Crippen molar-refractivity contribution in [3.63, 3.8) is 0 Å². The molecule has 0 N–H and O–H groups in total. The normalized spacial score (nSPS) is 11.0. The third-order valence-corrected chi connectivity index (χ3v) is 5.49. The van der Waals surface area contributed by atoms with Gasteiger partial charge in [-0.1, -0.05) is 18.5 Å². The molecule has 3 heterocycles. The summed E-state index contributed by atoms with van der Waals surface area (Å²) < 4.78 is 1.85. The number of anilines is 1. The van der Waals surface area contributed by atoms with Crippen molar-refractivity contribution in [3.05, 3.63) is 81.8 Å². The Morgan fingerprint density at radius 1 is 1.03 bits per heavy atom. The predicted octanol–water partition coefficient (Wildman–Crippen LogP) is 4.58. The number of aryl methyl sites for hydroxylation is 1.